The summed E-state index contributed by atoms with van der Waals surface area (Å²) >= 11 is 0. The van der Waals surface area contributed by atoms with Gasteiger partial charge in [-0.05, 0) is 57.2 Å². The lowest BCUT2D eigenvalue weighted by Gasteiger charge is -2.42. The van der Waals surface area contributed by atoms with Gasteiger partial charge in [0.2, 0.25) is 5.91 Å². The third-order valence-electron chi connectivity index (χ3n) is 4.57. The smallest absolute Gasteiger partial charge is 0.416 e. The molecule has 5 nitrogen and oxygen atoms in total. The van der Waals surface area contributed by atoms with E-state index in [1.807, 2.05) is 0 Å². The largest absolute Gasteiger partial charge is 0.481 e. The maximum absolute atomic E-state index is 13.1. The fraction of sp³-hybridized carbons (Fsp3) is 0.300. The lowest BCUT2D eigenvalue weighted by Crippen LogP contribution is -2.60. The van der Waals surface area contributed by atoms with Gasteiger partial charge >= 0.3 is 6.18 Å². The molecule has 0 aliphatic carbocycles. The van der Waals surface area contributed by atoms with Crippen molar-refractivity contribution in [1.82, 2.24) is 0 Å². The van der Waals surface area contributed by atoms with Gasteiger partial charge in [-0.15, -0.1) is 0 Å². The summed E-state index contributed by atoms with van der Waals surface area (Å²) in [5, 5.41) is 2.76. The van der Waals surface area contributed by atoms with Gasteiger partial charge in [-0.3, -0.25) is 14.5 Å². The molecule has 0 saturated carbocycles. The Morgan fingerprint density at radius 2 is 1.71 bits per heavy atom. The molecule has 0 bridgehead atoms. The van der Waals surface area contributed by atoms with Crippen molar-refractivity contribution in [3.05, 3.63) is 54.1 Å². The molecule has 0 aromatic heterocycles. The van der Waals surface area contributed by atoms with Crippen LogP contribution in [0.15, 0.2) is 48.5 Å². The Labute approximate surface area is 160 Å². The molecule has 2 aromatic rings. The van der Waals surface area contributed by atoms with Crippen LogP contribution in [0.1, 0.15) is 26.3 Å². The molecule has 1 aliphatic rings. The summed E-state index contributed by atoms with van der Waals surface area (Å²) in [4.78, 5) is 26.9. The minimum Gasteiger partial charge on any atom is -0.481 e. The van der Waals surface area contributed by atoms with Crippen molar-refractivity contribution in [3.63, 3.8) is 0 Å². The van der Waals surface area contributed by atoms with Crippen molar-refractivity contribution in [1.29, 1.82) is 0 Å². The Bertz CT molecular complexity index is 908. The number of alkyl halides is 3. The van der Waals surface area contributed by atoms with E-state index in [1.165, 1.54) is 11.8 Å². The number of amides is 2. The van der Waals surface area contributed by atoms with E-state index >= 15 is 0 Å². The Kier molecular flexibility index (Phi) is 4.82. The van der Waals surface area contributed by atoms with Crippen LogP contribution in [0.3, 0.4) is 0 Å². The maximum Gasteiger partial charge on any atom is 0.416 e. The van der Waals surface area contributed by atoms with Crippen molar-refractivity contribution >= 4 is 23.2 Å². The van der Waals surface area contributed by atoms with E-state index in [0.717, 1.165) is 24.3 Å². The van der Waals surface area contributed by atoms with Crippen LogP contribution in [0.2, 0.25) is 0 Å². The summed E-state index contributed by atoms with van der Waals surface area (Å²) in [5.41, 5.74) is -0.938. The molecule has 2 aromatic carbocycles. The lowest BCUT2D eigenvalue weighted by molar-refractivity contribution is -0.137. The first-order valence-corrected chi connectivity index (χ1v) is 8.60. The average molecular weight is 392 g/mol. The molecular formula is C20H19F3N2O3. The molecule has 8 heteroatoms. The molecule has 1 heterocycles. The molecule has 1 aliphatic heterocycles. The van der Waals surface area contributed by atoms with Crippen LogP contribution in [-0.4, -0.2) is 23.5 Å². The van der Waals surface area contributed by atoms with E-state index in [0.29, 0.717) is 11.4 Å². The molecule has 28 heavy (non-hydrogen) atoms. The fourth-order valence-electron chi connectivity index (χ4n) is 3.01. The molecular weight excluding hydrogens is 373 g/mol. The SMILES string of the molecule is C[C@@H](Oc1ccc(C(F)(F)F)cc1)C(=O)N1c2ccccc2NC(=O)C1(C)C. The number of nitrogens with zero attached hydrogens (tertiary/aromatic N) is 1. The third kappa shape index (κ3) is 3.54. The number of fused-ring (bicyclic) bond motifs is 1. The average Bonchev–Trinajstić information content (AvgIpc) is 2.62. The van der Waals surface area contributed by atoms with Crippen LogP contribution >= 0.6 is 0 Å². The van der Waals surface area contributed by atoms with Crippen molar-refractivity contribution < 1.29 is 27.5 Å². The fourth-order valence-corrected chi connectivity index (χ4v) is 3.01. The number of halogens is 3. The van der Waals surface area contributed by atoms with Crippen LogP contribution in [0.4, 0.5) is 24.5 Å². The lowest BCUT2D eigenvalue weighted by atomic mass is 9.95. The number of para-hydroxylation sites is 2. The first-order chi connectivity index (χ1) is 13.0. The topological polar surface area (TPSA) is 58.6 Å². The summed E-state index contributed by atoms with van der Waals surface area (Å²) in [6, 6.07) is 11.0. The summed E-state index contributed by atoms with van der Waals surface area (Å²) in [6.07, 6.45) is -5.47. The minimum absolute atomic E-state index is 0.126. The number of rotatable bonds is 3. The van der Waals surface area contributed by atoms with Gasteiger partial charge < -0.3 is 10.1 Å². The molecule has 0 fully saturated rings. The number of nitrogens with one attached hydrogen (secondary N) is 1. The number of carbonyl (C=O) groups excluding carboxylic acids is 2. The van der Waals surface area contributed by atoms with Gasteiger partial charge in [0.25, 0.3) is 5.91 Å². The van der Waals surface area contributed by atoms with Gasteiger partial charge in [0.15, 0.2) is 6.10 Å². The van der Waals surface area contributed by atoms with E-state index in [2.05, 4.69) is 5.32 Å². The summed E-state index contributed by atoms with van der Waals surface area (Å²) in [7, 11) is 0. The number of benzene rings is 2. The molecule has 0 radical (unpaired) electrons. The van der Waals surface area contributed by atoms with Gasteiger partial charge in [-0.25, -0.2) is 0 Å². The van der Waals surface area contributed by atoms with Crippen molar-refractivity contribution in [2.24, 2.45) is 0 Å². The summed E-state index contributed by atoms with van der Waals surface area (Å²) in [5.74, 6) is -0.699. The normalized spacial score (nSPS) is 16.8. The van der Waals surface area contributed by atoms with Gasteiger partial charge in [-0.1, -0.05) is 12.1 Å². The number of carbonyl (C=O) groups is 2. The summed E-state index contributed by atoms with van der Waals surface area (Å²) in [6.45, 7) is 4.72. The number of ether oxygens (including phenoxy) is 1. The second-order valence-electron chi connectivity index (χ2n) is 6.99. The van der Waals surface area contributed by atoms with Crippen LogP contribution in [0.5, 0.6) is 5.75 Å². The van der Waals surface area contributed by atoms with Crippen molar-refractivity contribution in [2.45, 2.75) is 38.6 Å². The van der Waals surface area contributed by atoms with Gasteiger partial charge in [0, 0.05) is 0 Å². The zero-order valence-electron chi connectivity index (χ0n) is 15.5. The van der Waals surface area contributed by atoms with E-state index in [9.17, 15) is 22.8 Å². The van der Waals surface area contributed by atoms with Crippen LogP contribution < -0.4 is 15.0 Å². The minimum atomic E-state index is -4.45. The standard InChI is InChI=1S/C20H19F3N2O3/c1-12(28-14-10-8-13(9-11-14)20(21,22)23)17(26)25-16-7-5-4-6-15(16)24-18(27)19(25,2)3/h4-12H,1-3H3,(H,24,27)/t12-/m1/s1. The van der Waals surface area contributed by atoms with E-state index in [1.54, 1.807) is 38.1 Å². The summed E-state index contributed by atoms with van der Waals surface area (Å²) < 4.78 is 43.6. The predicted octanol–water partition coefficient (Wildman–Crippen LogP) is 4.24. The Balaban J connectivity index is 1.85. The van der Waals surface area contributed by atoms with Gasteiger partial charge in [0.05, 0.1) is 16.9 Å². The highest BCUT2D eigenvalue weighted by Crippen LogP contribution is 2.37. The zero-order chi connectivity index (χ0) is 20.7. The Morgan fingerprint density at radius 3 is 2.32 bits per heavy atom. The first-order valence-electron chi connectivity index (χ1n) is 8.60. The Morgan fingerprint density at radius 1 is 1.11 bits per heavy atom. The van der Waals surface area contributed by atoms with E-state index < -0.39 is 29.3 Å². The molecule has 3 rings (SSSR count). The van der Waals surface area contributed by atoms with Gasteiger partial charge in [-0.2, -0.15) is 13.2 Å². The van der Waals surface area contributed by atoms with E-state index in [-0.39, 0.29) is 11.7 Å². The zero-order valence-corrected chi connectivity index (χ0v) is 15.5. The predicted molar refractivity (Wildman–Crippen MR) is 98.2 cm³/mol. The van der Waals surface area contributed by atoms with Gasteiger partial charge in [0.1, 0.15) is 11.3 Å². The highest BCUT2D eigenvalue weighted by atomic mass is 19.4. The first kappa shape index (κ1) is 19.7. The third-order valence-corrected chi connectivity index (χ3v) is 4.57. The van der Waals surface area contributed by atoms with Crippen LogP contribution in [-0.2, 0) is 15.8 Å². The molecule has 0 spiro atoms. The highest BCUT2D eigenvalue weighted by Gasteiger charge is 2.45. The maximum atomic E-state index is 13.1. The van der Waals surface area contributed by atoms with Crippen molar-refractivity contribution in [3.8, 4) is 5.75 Å². The number of hydrogen-bond acceptors (Lipinski definition) is 3. The molecule has 1 N–H and O–H groups in total. The molecule has 0 unspecified atom stereocenters. The van der Waals surface area contributed by atoms with Crippen LogP contribution in [0, 0.1) is 0 Å². The second-order valence-corrected chi connectivity index (χ2v) is 6.99. The van der Waals surface area contributed by atoms with E-state index in [4.69, 9.17) is 4.74 Å². The quantitative estimate of drug-likeness (QED) is 0.850. The number of anilines is 2. The number of hydrogen-bond donors (Lipinski definition) is 1. The molecule has 2 amide bonds. The monoisotopic (exact) mass is 392 g/mol. The van der Waals surface area contributed by atoms with Crippen LogP contribution in [0.25, 0.3) is 0 Å². The molecule has 1 atom stereocenters. The molecule has 0 saturated heterocycles. The Hall–Kier alpha value is -3.03. The molecule has 148 valence electrons. The second kappa shape index (κ2) is 6.85. The van der Waals surface area contributed by atoms with Crippen molar-refractivity contribution in [2.75, 3.05) is 10.2 Å². The highest BCUT2D eigenvalue weighted by molar-refractivity contribution is 6.14.